The Morgan fingerprint density at radius 1 is 1.56 bits per heavy atom. The monoisotopic (exact) mass is 242 g/mol. The Hall–Kier alpha value is -0.970. The van der Waals surface area contributed by atoms with E-state index in [1.54, 1.807) is 17.8 Å². The molecule has 0 bridgehead atoms. The molecule has 0 spiro atoms. The number of nitrogens with zero attached hydrogens (tertiary/aromatic N) is 1. The molecule has 1 heterocycles. The van der Waals surface area contributed by atoms with E-state index in [9.17, 15) is 4.79 Å². The normalized spacial score (nSPS) is 11.5. The van der Waals surface area contributed by atoms with Gasteiger partial charge in [0.05, 0.1) is 0 Å². The highest BCUT2D eigenvalue weighted by molar-refractivity contribution is 7.98. The molecule has 0 saturated carbocycles. The van der Waals surface area contributed by atoms with Crippen molar-refractivity contribution in [3.8, 4) is 0 Å². The summed E-state index contributed by atoms with van der Waals surface area (Å²) >= 11 is 1.64. The van der Waals surface area contributed by atoms with Crippen molar-refractivity contribution in [1.29, 1.82) is 0 Å². The van der Waals surface area contributed by atoms with E-state index in [-0.39, 0.29) is 11.4 Å². The molecule has 0 atom stereocenters. The van der Waals surface area contributed by atoms with E-state index in [0.29, 0.717) is 12.3 Å². The van der Waals surface area contributed by atoms with Crippen molar-refractivity contribution in [3.63, 3.8) is 0 Å². The highest BCUT2D eigenvalue weighted by atomic mass is 32.2. The third kappa shape index (κ3) is 3.56. The lowest BCUT2D eigenvalue weighted by Gasteiger charge is -2.14. The van der Waals surface area contributed by atoms with Crippen LogP contribution in [0, 0.1) is 0 Å². The van der Waals surface area contributed by atoms with Crippen LogP contribution < -0.4 is 0 Å². The highest BCUT2D eigenvalue weighted by Gasteiger charge is 2.19. The number of ether oxygens (including phenoxy) is 1. The third-order valence-electron chi connectivity index (χ3n) is 2.12. The third-order valence-corrected chi connectivity index (χ3v) is 2.69. The number of aromatic nitrogens is 2. The van der Waals surface area contributed by atoms with Gasteiger partial charge in [-0.15, -0.1) is 0 Å². The number of H-pyrrole nitrogens is 1. The van der Waals surface area contributed by atoms with Crippen molar-refractivity contribution in [2.24, 2.45) is 0 Å². The number of hydrogen-bond donors (Lipinski definition) is 1. The maximum Gasteiger partial charge on any atom is 0.358 e. The van der Waals surface area contributed by atoms with Gasteiger partial charge >= 0.3 is 5.97 Å². The van der Waals surface area contributed by atoms with Crippen molar-refractivity contribution in [1.82, 2.24) is 10.2 Å². The molecule has 1 aromatic rings. The van der Waals surface area contributed by atoms with Gasteiger partial charge in [0.15, 0.2) is 5.69 Å². The van der Waals surface area contributed by atoms with Gasteiger partial charge in [-0.2, -0.15) is 16.9 Å². The second-order valence-electron chi connectivity index (χ2n) is 4.55. The lowest BCUT2D eigenvalue weighted by atomic mass is 9.92. The second-order valence-corrected chi connectivity index (χ2v) is 5.53. The fraction of sp³-hybridized carbons (Fsp3) is 0.636. The van der Waals surface area contributed by atoms with Crippen molar-refractivity contribution >= 4 is 17.7 Å². The maximum atomic E-state index is 11.5. The topological polar surface area (TPSA) is 55.0 Å². The first-order valence-electron chi connectivity index (χ1n) is 5.17. The zero-order valence-electron chi connectivity index (χ0n) is 10.2. The van der Waals surface area contributed by atoms with E-state index >= 15 is 0 Å². The highest BCUT2D eigenvalue weighted by Crippen LogP contribution is 2.20. The number of thioether (sulfide) groups is 1. The summed E-state index contributed by atoms with van der Waals surface area (Å²) in [6.07, 6.45) is 1.97. The molecule has 0 aliphatic rings. The van der Waals surface area contributed by atoms with Crippen LogP contribution >= 0.6 is 11.8 Å². The van der Waals surface area contributed by atoms with Crippen LogP contribution in [-0.2, 0) is 10.2 Å². The molecule has 0 fully saturated rings. The second kappa shape index (κ2) is 5.39. The SMILES string of the molecule is CSCCOC(=O)c1cc(C(C)(C)C)[nH]n1. The van der Waals surface area contributed by atoms with E-state index in [0.717, 1.165) is 11.4 Å². The van der Waals surface area contributed by atoms with Gasteiger partial charge in [-0.3, -0.25) is 5.10 Å². The van der Waals surface area contributed by atoms with Gasteiger partial charge in [0.2, 0.25) is 0 Å². The Labute approximate surface area is 100 Å². The number of esters is 1. The standard InChI is InChI=1S/C11H18N2O2S/c1-11(2,3)9-7-8(12-13-9)10(14)15-5-6-16-4/h7H,5-6H2,1-4H3,(H,12,13). The number of nitrogens with one attached hydrogen (secondary N) is 1. The lowest BCUT2D eigenvalue weighted by Crippen LogP contribution is -2.11. The zero-order valence-corrected chi connectivity index (χ0v) is 11.0. The lowest BCUT2D eigenvalue weighted by molar-refractivity contribution is 0.0523. The summed E-state index contributed by atoms with van der Waals surface area (Å²) in [5.74, 6) is 0.447. The van der Waals surface area contributed by atoms with Gasteiger partial charge in [0, 0.05) is 16.9 Å². The Morgan fingerprint density at radius 2 is 2.25 bits per heavy atom. The van der Waals surface area contributed by atoms with Gasteiger partial charge in [0.1, 0.15) is 6.61 Å². The zero-order chi connectivity index (χ0) is 12.2. The van der Waals surface area contributed by atoms with Crippen molar-refractivity contribution in [3.05, 3.63) is 17.5 Å². The molecule has 0 aliphatic carbocycles. The molecular formula is C11H18N2O2S. The maximum absolute atomic E-state index is 11.5. The van der Waals surface area contributed by atoms with Crippen molar-refractivity contribution in [2.45, 2.75) is 26.2 Å². The van der Waals surface area contributed by atoms with Crippen molar-refractivity contribution in [2.75, 3.05) is 18.6 Å². The average Bonchev–Trinajstić information content (AvgIpc) is 2.66. The average molecular weight is 242 g/mol. The number of carbonyl (C=O) groups is 1. The molecule has 0 unspecified atom stereocenters. The molecule has 0 aliphatic heterocycles. The van der Waals surface area contributed by atoms with Gasteiger partial charge in [0.25, 0.3) is 0 Å². The minimum absolute atomic E-state index is 0.0369. The first-order valence-corrected chi connectivity index (χ1v) is 6.56. The van der Waals surface area contributed by atoms with Crippen LogP contribution in [0.15, 0.2) is 6.07 Å². The van der Waals surface area contributed by atoms with E-state index in [1.807, 2.05) is 6.26 Å². The van der Waals surface area contributed by atoms with Crippen LogP contribution in [-0.4, -0.2) is 34.8 Å². The Bertz CT molecular complexity index is 355. The summed E-state index contributed by atoms with van der Waals surface area (Å²) in [5, 5.41) is 6.82. The quantitative estimate of drug-likeness (QED) is 0.650. The van der Waals surface area contributed by atoms with Crippen LogP contribution in [0.3, 0.4) is 0 Å². The first-order chi connectivity index (χ1) is 7.45. The van der Waals surface area contributed by atoms with E-state index in [1.165, 1.54) is 0 Å². The van der Waals surface area contributed by atoms with E-state index < -0.39 is 0 Å². The summed E-state index contributed by atoms with van der Waals surface area (Å²) in [4.78, 5) is 11.5. The molecule has 16 heavy (non-hydrogen) atoms. The van der Waals surface area contributed by atoms with Crippen LogP contribution in [0.25, 0.3) is 0 Å². The molecule has 1 N–H and O–H groups in total. The minimum atomic E-state index is -0.360. The minimum Gasteiger partial charge on any atom is -0.460 e. The van der Waals surface area contributed by atoms with Crippen LogP contribution in [0.4, 0.5) is 0 Å². The molecule has 0 saturated heterocycles. The van der Waals surface area contributed by atoms with E-state index in [2.05, 4.69) is 31.0 Å². The van der Waals surface area contributed by atoms with Crippen LogP contribution in [0.1, 0.15) is 37.0 Å². The molecular weight excluding hydrogens is 224 g/mol. The fourth-order valence-electron chi connectivity index (χ4n) is 1.10. The predicted octanol–water partition coefficient (Wildman–Crippen LogP) is 2.23. The predicted molar refractivity (Wildman–Crippen MR) is 66.0 cm³/mol. The van der Waals surface area contributed by atoms with Crippen molar-refractivity contribution < 1.29 is 9.53 Å². The molecule has 1 rings (SSSR count). The summed E-state index contributed by atoms with van der Waals surface area (Å²) in [5.41, 5.74) is 1.25. The molecule has 1 aromatic heterocycles. The molecule has 0 aromatic carbocycles. The Morgan fingerprint density at radius 3 is 2.75 bits per heavy atom. The Kier molecular flexibility index (Phi) is 4.41. The Balaban J connectivity index is 2.60. The fourth-order valence-corrected chi connectivity index (χ4v) is 1.35. The van der Waals surface area contributed by atoms with Gasteiger partial charge in [-0.1, -0.05) is 20.8 Å². The molecule has 90 valence electrons. The molecule has 5 heteroatoms. The number of hydrogen-bond acceptors (Lipinski definition) is 4. The van der Waals surface area contributed by atoms with Crippen LogP contribution in [0.2, 0.25) is 0 Å². The first kappa shape index (κ1) is 13.1. The molecule has 0 radical (unpaired) electrons. The van der Waals surface area contributed by atoms with Gasteiger partial charge in [-0.25, -0.2) is 4.79 Å². The molecule has 0 amide bonds. The smallest absolute Gasteiger partial charge is 0.358 e. The van der Waals surface area contributed by atoms with Gasteiger partial charge in [-0.05, 0) is 12.3 Å². The largest absolute Gasteiger partial charge is 0.460 e. The number of aromatic amines is 1. The van der Waals surface area contributed by atoms with E-state index in [4.69, 9.17) is 4.74 Å². The summed E-state index contributed by atoms with van der Waals surface area (Å²) in [7, 11) is 0. The summed E-state index contributed by atoms with van der Waals surface area (Å²) in [6.45, 7) is 6.60. The number of rotatable bonds is 4. The molecule has 4 nitrogen and oxygen atoms in total. The summed E-state index contributed by atoms with van der Waals surface area (Å²) < 4.78 is 5.05. The number of carbonyl (C=O) groups excluding carboxylic acids is 1. The summed E-state index contributed by atoms with van der Waals surface area (Å²) in [6, 6.07) is 1.75. The van der Waals surface area contributed by atoms with Gasteiger partial charge < -0.3 is 4.74 Å². The van der Waals surface area contributed by atoms with Crippen LogP contribution in [0.5, 0.6) is 0 Å².